The monoisotopic (exact) mass is 339 g/mol. The van der Waals surface area contributed by atoms with Crippen LogP contribution in [0.1, 0.15) is 11.1 Å². The van der Waals surface area contributed by atoms with E-state index in [-0.39, 0.29) is 18.2 Å². The summed E-state index contributed by atoms with van der Waals surface area (Å²) in [6.07, 6.45) is 4.74. The highest BCUT2D eigenvalue weighted by Crippen LogP contribution is 2.15. The first-order valence-electron chi connectivity index (χ1n) is 7.48. The second kappa shape index (κ2) is 8.97. The molecule has 0 aliphatic rings. The van der Waals surface area contributed by atoms with Crippen molar-refractivity contribution >= 4 is 23.9 Å². The number of hydrogen-bond acceptors (Lipinski definition) is 5. The number of ether oxygens (including phenoxy) is 1. The van der Waals surface area contributed by atoms with Crippen LogP contribution in [0.25, 0.3) is 6.08 Å². The van der Waals surface area contributed by atoms with E-state index in [4.69, 9.17) is 4.74 Å². The molecule has 2 rings (SSSR count). The summed E-state index contributed by atoms with van der Waals surface area (Å²) in [4.78, 5) is 21.7. The molecule has 7 heteroatoms. The molecule has 25 heavy (non-hydrogen) atoms. The SMILES string of the molecule is Cc1ccccc1OCC(=O)NN=C/C=C\c1ccc([N+](=O)[O-])cc1. The van der Waals surface area contributed by atoms with Gasteiger partial charge in [0.1, 0.15) is 5.75 Å². The standard InChI is InChI=1S/C18H17N3O4/c1-14-5-2-3-7-17(14)25-13-18(22)20-19-12-4-6-15-8-10-16(11-9-15)21(23)24/h2-12H,13H2,1H3,(H,20,22)/b6-4-,19-12?. The Morgan fingerprint density at radius 3 is 2.64 bits per heavy atom. The first kappa shape index (κ1) is 17.9. The summed E-state index contributed by atoms with van der Waals surface area (Å²) in [5.41, 5.74) is 4.11. The second-order valence-electron chi connectivity index (χ2n) is 5.08. The van der Waals surface area contributed by atoms with Crippen LogP contribution < -0.4 is 10.2 Å². The molecule has 0 aromatic heterocycles. The zero-order chi connectivity index (χ0) is 18.1. The van der Waals surface area contributed by atoms with Crippen molar-refractivity contribution in [3.05, 3.63) is 75.8 Å². The van der Waals surface area contributed by atoms with Crippen molar-refractivity contribution < 1.29 is 14.5 Å². The number of para-hydroxylation sites is 1. The van der Waals surface area contributed by atoms with Crippen LogP contribution in [-0.2, 0) is 4.79 Å². The number of benzene rings is 2. The number of aryl methyl sites for hydroxylation is 1. The van der Waals surface area contributed by atoms with Gasteiger partial charge >= 0.3 is 0 Å². The Morgan fingerprint density at radius 1 is 1.24 bits per heavy atom. The highest BCUT2D eigenvalue weighted by molar-refractivity contribution is 5.82. The number of carbonyl (C=O) groups excluding carboxylic acids is 1. The Labute approximate surface area is 144 Å². The Kier molecular flexibility index (Phi) is 6.41. The van der Waals surface area contributed by atoms with E-state index in [1.165, 1.54) is 18.3 Å². The number of allylic oxidation sites excluding steroid dienone is 1. The van der Waals surface area contributed by atoms with E-state index in [0.29, 0.717) is 5.75 Å². The summed E-state index contributed by atoms with van der Waals surface area (Å²) < 4.78 is 5.40. The Morgan fingerprint density at radius 2 is 1.96 bits per heavy atom. The number of nitrogens with one attached hydrogen (secondary N) is 1. The molecule has 0 bridgehead atoms. The fourth-order valence-electron chi connectivity index (χ4n) is 1.91. The molecule has 0 atom stereocenters. The lowest BCUT2D eigenvalue weighted by Crippen LogP contribution is -2.24. The van der Waals surface area contributed by atoms with Crippen molar-refractivity contribution in [2.24, 2.45) is 5.10 Å². The first-order valence-corrected chi connectivity index (χ1v) is 7.48. The minimum Gasteiger partial charge on any atom is -0.483 e. The van der Waals surface area contributed by atoms with Crippen molar-refractivity contribution in [3.8, 4) is 5.75 Å². The number of rotatable bonds is 7. The number of amides is 1. The molecule has 0 aliphatic heterocycles. The number of non-ortho nitro benzene ring substituents is 1. The molecule has 1 amide bonds. The average Bonchev–Trinajstić information content (AvgIpc) is 2.61. The van der Waals surface area contributed by atoms with Crippen LogP contribution >= 0.6 is 0 Å². The molecule has 0 saturated heterocycles. The lowest BCUT2D eigenvalue weighted by Gasteiger charge is -2.07. The average molecular weight is 339 g/mol. The van der Waals surface area contributed by atoms with Crippen LogP contribution in [0.2, 0.25) is 0 Å². The van der Waals surface area contributed by atoms with E-state index < -0.39 is 4.92 Å². The number of nitro benzene ring substituents is 1. The molecule has 0 heterocycles. The van der Waals surface area contributed by atoms with E-state index in [2.05, 4.69) is 10.5 Å². The summed E-state index contributed by atoms with van der Waals surface area (Å²) in [7, 11) is 0. The summed E-state index contributed by atoms with van der Waals surface area (Å²) in [6, 6.07) is 13.5. The maximum atomic E-state index is 11.6. The summed E-state index contributed by atoms with van der Waals surface area (Å²) >= 11 is 0. The lowest BCUT2D eigenvalue weighted by atomic mass is 10.2. The number of nitro groups is 1. The van der Waals surface area contributed by atoms with Crippen LogP contribution in [0, 0.1) is 17.0 Å². The summed E-state index contributed by atoms with van der Waals surface area (Å²) in [5, 5.41) is 14.3. The van der Waals surface area contributed by atoms with E-state index in [0.717, 1.165) is 11.1 Å². The maximum absolute atomic E-state index is 11.6. The van der Waals surface area contributed by atoms with Gasteiger partial charge in [0.2, 0.25) is 0 Å². The third kappa shape index (κ3) is 5.91. The minimum atomic E-state index is -0.455. The third-order valence-electron chi connectivity index (χ3n) is 3.19. The van der Waals surface area contributed by atoms with Crippen molar-refractivity contribution in [2.45, 2.75) is 6.92 Å². The normalized spacial score (nSPS) is 10.9. The molecule has 2 aromatic carbocycles. The van der Waals surface area contributed by atoms with Gasteiger partial charge in [-0.1, -0.05) is 24.3 Å². The topological polar surface area (TPSA) is 93.8 Å². The van der Waals surface area contributed by atoms with Gasteiger partial charge in [0.15, 0.2) is 6.61 Å². The van der Waals surface area contributed by atoms with Gasteiger partial charge in [-0.05, 0) is 42.3 Å². The van der Waals surface area contributed by atoms with Crippen LogP contribution in [-0.4, -0.2) is 23.7 Å². The molecule has 0 saturated carbocycles. The largest absolute Gasteiger partial charge is 0.483 e. The van der Waals surface area contributed by atoms with Gasteiger partial charge in [0.25, 0.3) is 11.6 Å². The van der Waals surface area contributed by atoms with Crippen molar-refractivity contribution in [3.63, 3.8) is 0 Å². The Balaban J connectivity index is 1.75. The fraction of sp³-hybridized carbons (Fsp3) is 0.111. The highest BCUT2D eigenvalue weighted by atomic mass is 16.6. The predicted molar refractivity (Wildman–Crippen MR) is 95.4 cm³/mol. The molecule has 2 aromatic rings. The smallest absolute Gasteiger partial charge is 0.277 e. The van der Waals surface area contributed by atoms with Gasteiger partial charge in [-0.3, -0.25) is 14.9 Å². The van der Waals surface area contributed by atoms with E-state index in [1.54, 1.807) is 30.4 Å². The number of carbonyl (C=O) groups is 1. The fourth-order valence-corrected chi connectivity index (χ4v) is 1.91. The van der Waals surface area contributed by atoms with Gasteiger partial charge in [0.05, 0.1) is 4.92 Å². The third-order valence-corrected chi connectivity index (χ3v) is 3.19. The molecule has 0 spiro atoms. The number of hydrogen-bond donors (Lipinski definition) is 1. The molecule has 0 radical (unpaired) electrons. The molecule has 1 N–H and O–H groups in total. The van der Waals surface area contributed by atoms with Crippen LogP contribution in [0.3, 0.4) is 0 Å². The van der Waals surface area contributed by atoms with Crippen molar-refractivity contribution in [1.82, 2.24) is 5.43 Å². The first-order chi connectivity index (χ1) is 12.1. The Bertz CT molecular complexity index is 798. The summed E-state index contributed by atoms with van der Waals surface area (Å²) in [5.74, 6) is 0.280. The van der Waals surface area contributed by atoms with Crippen molar-refractivity contribution in [2.75, 3.05) is 6.61 Å². The molecule has 0 aliphatic carbocycles. The molecule has 0 unspecified atom stereocenters. The van der Waals surface area contributed by atoms with Crippen LogP contribution in [0.5, 0.6) is 5.75 Å². The Hall–Kier alpha value is -3.48. The van der Waals surface area contributed by atoms with Gasteiger partial charge in [-0.2, -0.15) is 5.10 Å². The van der Waals surface area contributed by atoms with Gasteiger partial charge in [-0.15, -0.1) is 0 Å². The highest BCUT2D eigenvalue weighted by Gasteiger charge is 2.03. The minimum absolute atomic E-state index is 0.0340. The van der Waals surface area contributed by atoms with E-state index in [1.807, 2.05) is 25.1 Å². The second-order valence-corrected chi connectivity index (χ2v) is 5.08. The van der Waals surface area contributed by atoms with Crippen LogP contribution in [0.4, 0.5) is 5.69 Å². The molecule has 7 nitrogen and oxygen atoms in total. The molecular weight excluding hydrogens is 322 g/mol. The van der Waals surface area contributed by atoms with Gasteiger partial charge < -0.3 is 4.74 Å². The zero-order valence-electron chi connectivity index (χ0n) is 13.6. The predicted octanol–water partition coefficient (Wildman–Crippen LogP) is 3.10. The molecule has 0 fully saturated rings. The zero-order valence-corrected chi connectivity index (χ0v) is 13.6. The van der Waals surface area contributed by atoms with Crippen molar-refractivity contribution in [1.29, 1.82) is 0 Å². The van der Waals surface area contributed by atoms with E-state index >= 15 is 0 Å². The molecular formula is C18H17N3O4. The van der Waals surface area contributed by atoms with Crippen LogP contribution in [0.15, 0.2) is 59.7 Å². The lowest BCUT2D eigenvalue weighted by molar-refractivity contribution is -0.384. The molecule has 128 valence electrons. The van der Waals surface area contributed by atoms with Gasteiger partial charge in [0, 0.05) is 18.3 Å². The maximum Gasteiger partial charge on any atom is 0.277 e. The number of nitrogens with zero attached hydrogens (tertiary/aromatic N) is 2. The van der Waals surface area contributed by atoms with E-state index in [9.17, 15) is 14.9 Å². The summed E-state index contributed by atoms with van der Waals surface area (Å²) in [6.45, 7) is 1.77. The number of hydrazone groups is 1. The van der Waals surface area contributed by atoms with Gasteiger partial charge in [-0.25, -0.2) is 5.43 Å². The quantitative estimate of drug-likeness (QED) is 0.476.